The average molecular weight is 365 g/mol. The third kappa shape index (κ3) is 3.55. The van der Waals surface area contributed by atoms with Gasteiger partial charge < -0.3 is 26.1 Å². The van der Waals surface area contributed by atoms with Gasteiger partial charge in [-0.3, -0.25) is 4.79 Å². The molecule has 0 aromatic carbocycles. The highest BCUT2D eigenvalue weighted by Crippen LogP contribution is 2.65. The summed E-state index contributed by atoms with van der Waals surface area (Å²) in [5, 5.41) is 3.01. The fourth-order valence-electron chi connectivity index (χ4n) is 5.39. The number of carbonyl (C=O) groups is 1. The predicted octanol–water partition coefficient (Wildman–Crippen LogP) is 1.68. The molecule has 4 fully saturated rings. The highest BCUT2D eigenvalue weighted by Gasteiger charge is 2.67. The van der Waals surface area contributed by atoms with Crippen molar-refractivity contribution < 1.29 is 14.1 Å². The Morgan fingerprint density at radius 1 is 1.31 bits per heavy atom. The topological polar surface area (TPSA) is 99.6 Å². The van der Waals surface area contributed by atoms with E-state index in [9.17, 15) is 4.79 Å². The number of amides is 1. The van der Waals surface area contributed by atoms with Gasteiger partial charge in [0, 0.05) is 12.4 Å². The third-order valence-corrected chi connectivity index (χ3v) is 7.24. The van der Waals surface area contributed by atoms with Crippen LogP contribution in [0.3, 0.4) is 0 Å². The Bertz CT molecular complexity index is 532. The molecule has 6 nitrogen and oxygen atoms in total. The summed E-state index contributed by atoms with van der Waals surface area (Å²) < 4.78 is 12.6. The molecule has 7 heteroatoms. The summed E-state index contributed by atoms with van der Waals surface area (Å²) in [7, 11) is -0.246. The van der Waals surface area contributed by atoms with E-state index in [1.54, 1.807) is 0 Å². The van der Waals surface area contributed by atoms with Crippen molar-refractivity contribution in [1.29, 1.82) is 0 Å². The molecular formula is C19H36BN3O3. The minimum atomic E-state index is -0.470. The largest absolute Gasteiger partial charge is 0.459 e. The summed E-state index contributed by atoms with van der Waals surface area (Å²) in [4.78, 5) is 12.2. The van der Waals surface area contributed by atoms with Gasteiger partial charge in [0.2, 0.25) is 5.91 Å². The maximum atomic E-state index is 12.2. The normalized spacial score (nSPS) is 36.8. The molecule has 1 amide bonds. The Morgan fingerprint density at radius 3 is 2.69 bits per heavy atom. The lowest BCUT2D eigenvalue weighted by molar-refractivity contribution is -0.199. The van der Waals surface area contributed by atoms with Crippen LogP contribution in [0.15, 0.2) is 0 Å². The summed E-state index contributed by atoms with van der Waals surface area (Å²) in [5.74, 6) is 1.21. The van der Waals surface area contributed by atoms with E-state index in [4.69, 9.17) is 20.8 Å². The van der Waals surface area contributed by atoms with Crippen LogP contribution in [0.5, 0.6) is 0 Å². The minimum Gasteiger partial charge on any atom is -0.405 e. The lowest BCUT2D eigenvalue weighted by Gasteiger charge is -2.64. The second-order valence-electron chi connectivity index (χ2n) is 9.43. The van der Waals surface area contributed by atoms with Crippen LogP contribution in [0, 0.1) is 17.3 Å². The Labute approximate surface area is 158 Å². The molecular weight excluding hydrogens is 329 g/mol. The average Bonchev–Trinajstić information content (AvgIpc) is 2.89. The molecule has 148 valence electrons. The summed E-state index contributed by atoms with van der Waals surface area (Å²) in [6, 6.07) is -0.498. The standard InChI is InChI=1S/C19H36BN3O3/c1-12(23-17(24)14(22)7-5-6-8-21)11-20-25-16-10-13-9-15(18(13,2)3)19(16,4)26-20/h12-16H,5-11,21-22H2,1-4H3,(H,23,24)/t12-,13?,14+,15?,16?,19-/m1/s1. The van der Waals surface area contributed by atoms with Crippen molar-refractivity contribution in [3.8, 4) is 0 Å². The van der Waals surface area contributed by atoms with Crippen molar-refractivity contribution >= 4 is 13.0 Å². The number of hydrogen-bond donors (Lipinski definition) is 3. The van der Waals surface area contributed by atoms with Gasteiger partial charge in [-0.2, -0.15) is 0 Å². The number of nitrogens with two attached hydrogens (primary N) is 2. The number of nitrogens with one attached hydrogen (secondary N) is 1. The highest BCUT2D eigenvalue weighted by atomic mass is 16.7. The van der Waals surface area contributed by atoms with Gasteiger partial charge in [-0.25, -0.2) is 0 Å². The first-order valence-electron chi connectivity index (χ1n) is 10.3. The molecule has 5 N–H and O–H groups in total. The first-order valence-corrected chi connectivity index (χ1v) is 10.3. The molecule has 0 aromatic heterocycles. The van der Waals surface area contributed by atoms with Crippen LogP contribution >= 0.6 is 0 Å². The molecule has 4 rings (SSSR count). The van der Waals surface area contributed by atoms with E-state index >= 15 is 0 Å². The van der Waals surface area contributed by atoms with Gasteiger partial charge in [0.25, 0.3) is 0 Å². The zero-order chi connectivity index (χ0) is 19.1. The quantitative estimate of drug-likeness (QED) is 0.449. The van der Waals surface area contributed by atoms with E-state index in [0.29, 0.717) is 30.6 Å². The first kappa shape index (κ1) is 20.1. The summed E-state index contributed by atoms with van der Waals surface area (Å²) in [6.07, 6.45) is 5.63. The van der Waals surface area contributed by atoms with Gasteiger partial charge in [-0.15, -0.1) is 0 Å². The Hall–Kier alpha value is -0.625. The van der Waals surface area contributed by atoms with E-state index in [0.717, 1.165) is 25.2 Å². The van der Waals surface area contributed by atoms with Crippen molar-refractivity contribution in [1.82, 2.24) is 5.32 Å². The third-order valence-electron chi connectivity index (χ3n) is 7.24. The molecule has 3 saturated carbocycles. The molecule has 0 spiro atoms. The fraction of sp³-hybridized carbons (Fsp3) is 0.947. The zero-order valence-electron chi connectivity index (χ0n) is 16.8. The van der Waals surface area contributed by atoms with Crippen LogP contribution in [-0.2, 0) is 14.1 Å². The molecule has 2 bridgehead atoms. The lowest BCUT2D eigenvalue weighted by atomic mass is 9.43. The van der Waals surface area contributed by atoms with E-state index < -0.39 is 6.04 Å². The minimum absolute atomic E-state index is 0.0279. The second-order valence-corrected chi connectivity index (χ2v) is 9.43. The maximum absolute atomic E-state index is 12.2. The molecule has 1 aliphatic heterocycles. The Morgan fingerprint density at radius 2 is 2.04 bits per heavy atom. The van der Waals surface area contributed by atoms with Gasteiger partial charge >= 0.3 is 7.12 Å². The molecule has 6 atom stereocenters. The van der Waals surface area contributed by atoms with Gasteiger partial charge in [0.1, 0.15) is 0 Å². The molecule has 1 saturated heterocycles. The first-order chi connectivity index (χ1) is 12.2. The summed E-state index contributed by atoms with van der Waals surface area (Å²) in [5.41, 5.74) is 11.6. The molecule has 26 heavy (non-hydrogen) atoms. The van der Waals surface area contributed by atoms with Crippen molar-refractivity contribution in [2.75, 3.05) is 6.54 Å². The SMILES string of the molecule is C[C@H](CB1OC2CC3CC(C3(C)C)[C@@]2(C)O1)NC(=O)[C@@H](N)CCCCN. The van der Waals surface area contributed by atoms with Crippen LogP contribution in [0.1, 0.15) is 59.8 Å². The smallest absolute Gasteiger partial charge is 0.405 e. The van der Waals surface area contributed by atoms with Crippen LogP contribution in [0.25, 0.3) is 0 Å². The van der Waals surface area contributed by atoms with Crippen molar-refractivity contribution in [3.05, 3.63) is 0 Å². The number of carbonyl (C=O) groups excluding carboxylic acids is 1. The molecule has 1 heterocycles. The second kappa shape index (κ2) is 7.42. The number of hydrogen-bond acceptors (Lipinski definition) is 5. The molecule has 4 aliphatic rings. The highest BCUT2D eigenvalue weighted by molar-refractivity contribution is 6.45. The fourth-order valence-corrected chi connectivity index (χ4v) is 5.39. The van der Waals surface area contributed by atoms with E-state index in [1.807, 2.05) is 6.92 Å². The molecule has 0 aromatic rings. The number of unbranched alkanes of at least 4 members (excludes halogenated alkanes) is 1. The van der Waals surface area contributed by atoms with Crippen LogP contribution in [-0.4, -0.2) is 43.4 Å². The molecule has 3 unspecified atom stereocenters. The Kier molecular flexibility index (Phi) is 5.74. The van der Waals surface area contributed by atoms with Gasteiger partial charge in [-0.1, -0.05) is 20.3 Å². The monoisotopic (exact) mass is 365 g/mol. The maximum Gasteiger partial charge on any atom is 0.459 e. The van der Waals surface area contributed by atoms with Crippen LogP contribution < -0.4 is 16.8 Å². The van der Waals surface area contributed by atoms with E-state index in [2.05, 4.69) is 26.1 Å². The van der Waals surface area contributed by atoms with E-state index in [1.165, 1.54) is 6.42 Å². The zero-order valence-corrected chi connectivity index (χ0v) is 16.8. The summed E-state index contributed by atoms with van der Waals surface area (Å²) in [6.45, 7) is 9.57. The van der Waals surface area contributed by atoms with Gasteiger partial charge in [0.15, 0.2) is 0 Å². The van der Waals surface area contributed by atoms with Crippen LogP contribution in [0.4, 0.5) is 0 Å². The molecule has 3 aliphatic carbocycles. The molecule has 0 radical (unpaired) electrons. The van der Waals surface area contributed by atoms with Gasteiger partial charge in [0.05, 0.1) is 17.7 Å². The van der Waals surface area contributed by atoms with Crippen LogP contribution in [0.2, 0.25) is 6.32 Å². The van der Waals surface area contributed by atoms with Crippen molar-refractivity contribution in [2.24, 2.45) is 28.7 Å². The van der Waals surface area contributed by atoms with Gasteiger partial charge in [-0.05, 0) is 63.3 Å². The lowest BCUT2D eigenvalue weighted by Crippen LogP contribution is -2.65. The van der Waals surface area contributed by atoms with Crippen molar-refractivity contribution in [2.45, 2.75) is 89.9 Å². The number of rotatable bonds is 8. The predicted molar refractivity (Wildman–Crippen MR) is 103 cm³/mol. The summed E-state index contributed by atoms with van der Waals surface area (Å²) >= 11 is 0. The Balaban J connectivity index is 1.47. The van der Waals surface area contributed by atoms with Crippen molar-refractivity contribution in [3.63, 3.8) is 0 Å². The van der Waals surface area contributed by atoms with E-state index in [-0.39, 0.29) is 30.8 Å².